The van der Waals surface area contributed by atoms with E-state index in [1.165, 1.54) is 36.1 Å². The Balaban J connectivity index is 1.52. The van der Waals surface area contributed by atoms with E-state index in [-0.39, 0.29) is 45.9 Å². The standard InChI is InChI=1S/C28H27NO10/c1-10-7-14-19(15(31)8-10)21-23(29-22(11(2)30)28(36)39-27(14)29)26(35)20-13(25(21)34)5-4-6-17(20)38-18-9-16(32)24(33)12(3)37-18/h4-8,11-12,16,18,22,24,27,30-33H,9H2,1-3H3/t11-,12-,16+,18-,22+,24-,27-/m0/s1. The SMILES string of the molecule is Cc1cc(O)c2c(c1)[C@@H]1OC(=O)[C@@H]([C@H](C)O)N1C1=C2C(=O)c2cccc(O[C@H]3C[C@@H](O)[C@@H](O)[C@H](C)O3)c2C1=O. The number of ether oxygens (including phenoxy) is 3. The van der Waals surface area contributed by atoms with E-state index in [1.54, 1.807) is 19.9 Å². The first-order valence-corrected chi connectivity index (χ1v) is 12.6. The van der Waals surface area contributed by atoms with Crippen LogP contribution in [-0.2, 0) is 14.3 Å². The average Bonchev–Trinajstić information content (AvgIpc) is 3.22. The smallest absolute Gasteiger partial charge is 0.333 e. The summed E-state index contributed by atoms with van der Waals surface area (Å²) in [6.07, 6.45) is -6.47. The molecule has 1 aliphatic carbocycles. The Bertz CT molecular complexity index is 1450. The van der Waals surface area contributed by atoms with Gasteiger partial charge in [0.1, 0.15) is 23.3 Å². The number of ketones is 2. The molecule has 11 nitrogen and oxygen atoms in total. The van der Waals surface area contributed by atoms with Crippen LogP contribution < -0.4 is 4.74 Å². The van der Waals surface area contributed by atoms with E-state index >= 15 is 0 Å². The van der Waals surface area contributed by atoms with Crippen LogP contribution >= 0.6 is 0 Å². The number of aliphatic hydroxyl groups is 3. The molecule has 2 aromatic rings. The Labute approximate surface area is 222 Å². The van der Waals surface area contributed by atoms with Gasteiger partial charge in [-0.1, -0.05) is 12.1 Å². The number of aryl methyl sites for hydroxylation is 1. The quantitative estimate of drug-likeness (QED) is 0.418. The largest absolute Gasteiger partial charge is 0.507 e. The van der Waals surface area contributed by atoms with Crippen LogP contribution in [-0.4, -0.2) is 79.6 Å². The van der Waals surface area contributed by atoms with Crippen LogP contribution in [0.3, 0.4) is 0 Å². The molecule has 4 N–H and O–H groups in total. The highest BCUT2D eigenvalue weighted by Gasteiger charge is 2.55. The van der Waals surface area contributed by atoms with E-state index in [2.05, 4.69) is 0 Å². The third kappa shape index (κ3) is 3.69. The molecule has 39 heavy (non-hydrogen) atoms. The molecule has 0 aromatic heterocycles. The topological polar surface area (TPSA) is 163 Å². The summed E-state index contributed by atoms with van der Waals surface area (Å²) in [5.74, 6) is -2.26. The number of aromatic hydroxyl groups is 1. The van der Waals surface area contributed by atoms with Crippen molar-refractivity contribution in [1.82, 2.24) is 4.90 Å². The molecule has 0 amide bonds. The van der Waals surface area contributed by atoms with Crippen molar-refractivity contribution in [3.8, 4) is 11.5 Å². The number of hydrogen-bond acceptors (Lipinski definition) is 11. The highest BCUT2D eigenvalue weighted by molar-refractivity contribution is 6.41. The molecule has 204 valence electrons. The van der Waals surface area contributed by atoms with Crippen LogP contribution in [0.1, 0.15) is 63.9 Å². The summed E-state index contributed by atoms with van der Waals surface area (Å²) in [4.78, 5) is 42.5. The highest BCUT2D eigenvalue weighted by Crippen LogP contribution is 2.52. The van der Waals surface area contributed by atoms with Crippen molar-refractivity contribution in [3.63, 3.8) is 0 Å². The Hall–Kier alpha value is -3.77. The molecule has 4 aliphatic rings. The van der Waals surface area contributed by atoms with Crippen LogP contribution in [0.15, 0.2) is 36.0 Å². The minimum atomic E-state index is -1.28. The number of phenols is 1. The second-order valence-corrected chi connectivity index (χ2v) is 10.4. The van der Waals surface area contributed by atoms with Crippen LogP contribution in [0.5, 0.6) is 11.5 Å². The van der Waals surface area contributed by atoms with Gasteiger partial charge in [-0.2, -0.15) is 0 Å². The molecule has 6 rings (SSSR count). The fourth-order valence-electron chi connectivity index (χ4n) is 5.90. The number of phenolic OH excluding ortho intramolecular Hbond substituents is 1. The third-order valence-corrected chi connectivity index (χ3v) is 7.66. The van der Waals surface area contributed by atoms with Gasteiger partial charge in [0.15, 0.2) is 11.8 Å². The lowest BCUT2D eigenvalue weighted by Gasteiger charge is -2.40. The van der Waals surface area contributed by atoms with Gasteiger partial charge in [0, 0.05) is 23.1 Å². The molecule has 7 atom stereocenters. The van der Waals surface area contributed by atoms with Crippen molar-refractivity contribution < 1.29 is 49.0 Å². The highest BCUT2D eigenvalue weighted by atomic mass is 16.7. The van der Waals surface area contributed by atoms with Gasteiger partial charge < -0.3 is 39.5 Å². The summed E-state index contributed by atoms with van der Waals surface area (Å²) in [5.41, 5.74) is 0.709. The molecular formula is C28H27NO10. The summed E-state index contributed by atoms with van der Waals surface area (Å²) in [7, 11) is 0. The normalized spacial score (nSPS) is 30.3. The number of benzene rings is 2. The zero-order valence-electron chi connectivity index (χ0n) is 21.3. The first kappa shape index (κ1) is 25.5. The van der Waals surface area contributed by atoms with Crippen molar-refractivity contribution in [1.29, 1.82) is 0 Å². The number of esters is 1. The van der Waals surface area contributed by atoms with Gasteiger partial charge in [-0.05, 0) is 44.5 Å². The summed E-state index contributed by atoms with van der Waals surface area (Å²) in [6.45, 7) is 4.69. The lowest BCUT2D eigenvalue weighted by Crippen LogP contribution is -2.49. The molecule has 0 saturated carbocycles. The van der Waals surface area contributed by atoms with E-state index in [9.17, 15) is 34.8 Å². The number of hydrogen-bond donors (Lipinski definition) is 4. The second-order valence-electron chi connectivity index (χ2n) is 10.4. The minimum absolute atomic E-state index is 0.00806. The van der Waals surface area contributed by atoms with Crippen molar-refractivity contribution >= 4 is 23.1 Å². The van der Waals surface area contributed by atoms with Gasteiger partial charge in [0.2, 0.25) is 18.3 Å². The van der Waals surface area contributed by atoms with E-state index < -0.39 is 60.5 Å². The Morgan fingerprint density at radius 3 is 2.54 bits per heavy atom. The summed E-state index contributed by atoms with van der Waals surface area (Å²) in [5, 5.41) is 41.6. The first-order chi connectivity index (χ1) is 18.5. The number of allylic oxidation sites excluding steroid dienone is 2. The Morgan fingerprint density at radius 2 is 1.85 bits per heavy atom. The van der Waals surface area contributed by atoms with E-state index in [0.29, 0.717) is 11.1 Å². The molecule has 11 heteroatoms. The molecule has 0 spiro atoms. The lowest BCUT2D eigenvalue weighted by atomic mass is 9.78. The summed E-state index contributed by atoms with van der Waals surface area (Å²) < 4.78 is 17.2. The molecule has 0 radical (unpaired) electrons. The van der Waals surface area contributed by atoms with Crippen LogP contribution in [0, 0.1) is 6.92 Å². The average molecular weight is 538 g/mol. The van der Waals surface area contributed by atoms with Crippen LogP contribution in [0.2, 0.25) is 0 Å². The number of carbonyl (C=O) groups excluding carboxylic acids is 3. The predicted molar refractivity (Wildman–Crippen MR) is 133 cm³/mol. The maximum atomic E-state index is 14.3. The van der Waals surface area contributed by atoms with Gasteiger partial charge >= 0.3 is 5.97 Å². The second kappa shape index (κ2) is 8.88. The molecule has 3 aliphatic heterocycles. The fraction of sp³-hybridized carbons (Fsp3) is 0.393. The van der Waals surface area contributed by atoms with Crippen LogP contribution in [0.25, 0.3) is 5.57 Å². The van der Waals surface area contributed by atoms with E-state index in [1.807, 2.05) is 0 Å². The first-order valence-electron chi connectivity index (χ1n) is 12.6. The van der Waals surface area contributed by atoms with E-state index in [0.717, 1.165) is 0 Å². The monoisotopic (exact) mass is 537 g/mol. The molecule has 0 unspecified atom stereocenters. The van der Waals surface area contributed by atoms with Gasteiger partial charge in [-0.15, -0.1) is 0 Å². The number of rotatable bonds is 3. The van der Waals surface area contributed by atoms with Gasteiger partial charge in [-0.3, -0.25) is 9.59 Å². The fourth-order valence-corrected chi connectivity index (χ4v) is 5.90. The minimum Gasteiger partial charge on any atom is -0.507 e. The predicted octanol–water partition coefficient (Wildman–Crippen LogP) is 1.35. The third-order valence-electron chi connectivity index (χ3n) is 7.66. The van der Waals surface area contributed by atoms with Gasteiger partial charge in [-0.25, -0.2) is 4.79 Å². The lowest BCUT2D eigenvalue weighted by molar-refractivity contribution is -0.216. The molecule has 2 saturated heterocycles. The van der Waals surface area contributed by atoms with Crippen molar-refractivity contribution in [3.05, 3.63) is 63.8 Å². The number of Topliss-reactive ketones (excluding diaryl/α,β-unsaturated/α-hetero) is 2. The van der Waals surface area contributed by atoms with Crippen molar-refractivity contribution in [2.45, 2.75) is 70.2 Å². The Kier molecular flexibility index (Phi) is 5.81. The van der Waals surface area contributed by atoms with Crippen LogP contribution in [0.4, 0.5) is 0 Å². The number of aliphatic hydroxyl groups excluding tert-OH is 3. The summed E-state index contributed by atoms with van der Waals surface area (Å²) in [6, 6.07) is 6.32. The zero-order chi connectivity index (χ0) is 27.9. The maximum absolute atomic E-state index is 14.3. The van der Waals surface area contributed by atoms with Gasteiger partial charge in [0.25, 0.3) is 0 Å². The molecular weight excluding hydrogens is 510 g/mol. The summed E-state index contributed by atoms with van der Waals surface area (Å²) >= 11 is 0. The van der Waals surface area contributed by atoms with Gasteiger partial charge in [0.05, 0.1) is 29.4 Å². The molecule has 2 fully saturated rings. The van der Waals surface area contributed by atoms with Crippen molar-refractivity contribution in [2.75, 3.05) is 0 Å². The number of carbonyl (C=O) groups is 3. The molecule has 2 aromatic carbocycles. The maximum Gasteiger partial charge on any atom is 0.333 e. The molecule has 3 heterocycles. The number of fused-ring (bicyclic) bond motifs is 6. The Morgan fingerprint density at radius 1 is 1.10 bits per heavy atom. The number of nitrogens with zero attached hydrogens (tertiary/aromatic N) is 1. The van der Waals surface area contributed by atoms with Crippen molar-refractivity contribution in [2.24, 2.45) is 0 Å². The van der Waals surface area contributed by atoms with E-state index in [4.69, 9.17) is 14.2 Å². The molecule has 0 bridgehead atoms. The zero-order valence-corrected chi connectivity index (χ0v) is 21.3.